The van der Waals surface area contributed by atoms with E-state index >= 15 is 0 Å². The van der Waals surface area contributed by atoms with Crippen molar-refractivity contribution in [1.82, 2.24) is 0 Å². The molecular weight excluding hydrogens is 420 g/mol. The van der Waals surface area contributed by atoms with Crippen molar-refractivity contribution in [3.63, 3.8) is 0 Å². The maximum absolute atomic E-state index is 12.2. The summed E-state index contributed by atoms with van der Waals surface area (Å²) in [7, 11) is 1.51. The summed E-state index contributed by atoms with van der Waals surface area (Å²) in [6.07, 6.45) is 11.5. The number of carbonyl (C=O) groups excluding carboxylic acids is 1. The van der Waals surface area contributed by atoms with Crippen molar-refractivity contribution in [2.24, 2.45) is 39.9 Å². The van der Waals surface area contributed by atoms with E-state index in [1.165, 1.54) is 56.8 Å². The van der Waals surface area contributed by atoms with Crippen LogP contribution in [0, 0.1) is 39.9 Å². The SMILES string of the molecule is C=C(C)[C@@H]1CC[C@@](C)([C@@H]2CC[C@]3(C)[C@@H]2CC[C@H]2[C@@](C)(CCC(=O)OC)[C@H](C(=C)C)CC[C@]23C)O1. The van der Waals surface area contributed by atoms with E-state index in [2.05, 4.69) is 54.7 Å². The molecule has 0 unspecified atom stereocenters. The van der Waals surface area contributed by atoms with Gasteiger partial charge in [-0.2, -0.15) is 0 Å². The van der Waals surface area contributed by atoms with Crippen LogP contribution in [0.1, 0.15) is 106 Å². The van der Waals surface area contributed by atoms with Gasteiger partial charge in [-0.3, -0.25) is 4.79 Å². The molecular formula is C31H50O3. The van der Waals surface area contributed by atoms with Crippen LogP contribution in [0.5, 0.6) is 0 Å². The molecule has 3 saturated carbocycles. The zero-order valence-electron chi connectivity index (χ0n) is 23.1. The molecule has 0 bridgehead atoms. The van der Waals surface area contributed by atoms with E-state index in [4.69, 9.17) is 9.47 Å². The summed E-state index contributed by atoms with van der Waals surface area (Å²) < 4.78 is 11.8. The van der Waals surface area contributed by atoms with Gasteiger partial charge < -0.3 is 9.47 Å². The number of ether oxygens (including phenoxy) is 2. The van der Waals surface area contributed by atoms with Gasteiger partial charge in [0.05, 0.1) is 18.8 Å². The third-order valence-electron chi connectivity index (χ3n) is 12.0. The van der Waals surface area contributed by atoms with E-state index in [1.54, 1.807) is 0 Å². The number of hydrogen-bond acceptors (Lipinski definition) is 3. The number of hydrogen-bond donors (Lipinski definition) is 0. The lowest BCUT2D eigenvalue weighted by atomic mass is 9.38. The van der Waals surface area contributed by atoms with Crippen molar-refractivity contribution < 1.29 is 14.3 Å². The molecule has 192 valence electrons. The molecule has 34 heavy (non-hydrogen) atoms. The highest BCUT2D eigenvalue weighted by Crippen LogP contribution is 2.74. The molecule has 1 aliphatic heterocycles. The van der Waals surface area contributed by atoms with E-state index < -0.39 is 0 Å². The molecule has 9 atom stereocenters. The van der Waals surface area contributed by atoms with Crippen LogP contribution in [0.3, 0.4) is 0 Å². The third kappa shape index (κ3) is 3.75. The molecule has 4 aliphatic rings. The Balaban J connectivity index is 1.64. The normalized spacial score (nSPS) is 48.1. The molecule has 3 aliphatic carbocycles. The molecule has 0 aromatic carbocycles. The Morgan fingerprint density at radius 1 is 0.882 bits per heavy atom. The van der Waals surface area contributed by atoms with E-state index in [0.29, 0.717) is 35.5 Å². The minimum atomic E-state index is -0.0758. The Kier molecular flexibility index (Phi) is 6.71. The summed E-state index contributed by atoms with van der Waals surface area (Å²) in [5.74, 6) is 2.38. The maximum atomic E-state index is 12.2. The van der Waals surface area contributed by atoms with Crippen LogP contribution in [-0.4, -0.2) is 24.8 Å². The number of fused-ring (bicyclic) bond motifs is 3. The Morgan fingerprint density at radius 3 is 2.15 bits per heavy atom. The fourth-order valence-corrected chi connectivity index (χ4v) is 9.95. The Hall–Kier alpha value is -1.09. The van der Waals surface area contributed by atoms with Crippen LogP contribution in [0.4, 0.5) is 0 Å². The highest BCUT2D eigenvalue weighted by atomic mass is 16.5. The van der Waals surface area contributed by atoms with Gasteiger partial charge in [-0.1, -0.05) is 45.1 Å². The average molecular weight is 471 g/mol. The van der Waals surface area contributed by atoms with Gasteiger partial charge in [-0.25, -0.2) is 0 Å². The van der Waals surface area contributed by atoms with Crippen molar-refractivity contribution in [3.05, 3.63) is 24.3 Å². The Morgan fingerprint density at radius 2 is 1.56 bits per heavy atom. The van der Waals surface area contributed by atoms with Crippen LogP contribution >= 0.6 is 0 Å². The highest BCUT2D eigenvalue weighted by Gasteiger charge is 2.67. The minimum Gasteiger partial charge on any atom is -0.469 e. The first-order valence-corrected chi connectivity index (χ1v) is 13.9. The van der Waals surface area contributed by atoms with E-state index in [9.17, 15) is 4.79 Å². The molecule has 0 aromatic heterocycles. The van der Waals surface area contributed by atoms with Gasteiger partial charge in [0, 0.05) is 6.42 Å². The third-order valence-corrected chi connectivity index (χ3v) is 12.0. The van der Waals surface area contributed by atoms with Crippen LogP contribution in [0.15, 0.2) is 24.3 Å². The lowest BCUT2D eigenvalue weighted by Gasteiger charge is -2.66. The zero-order chi connectivity index (χ0) is 25.1. The largest absolute Gasteiger partial charge is 0.469 e. The van der Waals surface area contributed by atoms with Gasteiger partial charge in [0.1, 0.15) is 0 Å². The Labute approximate surface area is 209 Å². The lowest BCUT2D eigenvalue weighted by Crippen LogP contribution is -2.60. The molecule has 0 N–H and O–H groups in total. The first-order chi connectivity index (χ1) is 15.8. The lowest BCUT2D eigenvalue weighted by molar-refractivity contribution is -0.181. The first kappa shape index (κ1) is 26.0. The van der Waals surface area contributed by atoms with Crippen LogP contribution < -0.4 is 0 Å². The summed E-state index contributed by atoms with van der Waals surface area (Å²) in [5, 5.41) is 0. The van der Waals surface area contributed by atoms with Crippen molar-refractivity contribution in [2.45, 2.75) is 117 Å². The summed E-state index contributed by atoms with van der Waals surface area (Å²) in [6, 6.07) is 0. The molecule has 3 nitrogen and oxygen atoms in total. The van der Waals surface area contributed by atoms with Crippen molar-refractivity contribution in [3.8, 4) is 0 Å². The van der Waals surface area contributed by atoms with Crippen LogP contribution in [0.2, 0.25) is 0 Å². The molecule has 4 rings (SSSR count). The fraction of sp³-hybridized carbons (Fsp3) is 0.839. The second-order valence-corrected chi connectivity index (χ2v) is 13.5. The maximum Gasteiger partial charge on any atom is 0.305 e. The van der Waals surface area contributed by atoms with Gasteiger partial charge in [0.25, 0.3) is 0 Å². The number of allylic oxidation sites excluding steroid dienone is 1. The molecule has 0 spiro atoms. The van der Waals surface area contributed by atoms with E-state index in [-0.39, 0.29) is 28.5 Å². The monoisotopic (exact) mass is 470 g/mol. The van der Waals surface area contributed by atoms with Crippen molar-refractivity contribution >= 4 is 5.97 Å². The molecule has 0 radical (unpaired) electrons. The first-order valence-electron chi connectivity index (χ1n) is 13.9. The number of carbonyl (C=O) groups is 1. The van der Waals surface area contributed by atoms with E-state index in [0.717, 1.165) is 19.3 Å². The topological polar surface area (TPSA) is 35.5 Å². The second-order valence-electron chi connectivity index (χ2n) is 13.5. The van der Waals surface area contributed by atoms with Gasteiger partial charge in [-0.05, 0) is 118 Å². The number of rotatable bonds is 6. The van der Waals surface area contributed by atoms with Gasteiger partial charge in [0.2, 0.25) is 0 Å². The van der Waals surface area contributed by atoms with E-state index in [1.807, 2.05) is 0 Å². The van der Waals surface area contributed by atoms with Crippen LogP contribution in [0.25, 0.3) is 0 Å². The fourth-order valence-electron chi connectivity index (χ4n) is 9.95. The summed E-state index contributed by atoms with van der Waals surface area (Å²) in [6.45, 7) is 23.1. The molecule has 1 heterocycles. The highest BCUT2D eigenvalue weighted by molar-refractivity contribution is 5.69. The Bertz CT molecular complexity index is 846. The van der Waals surface area contributed by atoms with Gasteiger partial charge in [-0.15, -0.1) is 0 Å². The quantitative estimate of drug-likeness (QED) is 0.292. The molecule has 1 saturated heterocycles. The second kappa shape index (κ2) is 8.79. The van der Waals surface area contributed by atoms with Crippen molar-refractivity contribution in [2.75, 3.05) is 7.11 Å². The summed E-state index contributed by atoms with van der Waals surface area (Å²) in [5.41, 5.74) is 3.16. The van der Waals surface area contributed by atoms with Gasteiger partial charge >= 0.3 is 5.97 Å². The number of esters is 1. The molecule has 3 heteroatoms. The number of methoxy groups -OCH3 is 1. The van der Waals surface area contributed by atoms with Gasteiger partial charge in [0.15, 0.2) is 0 Å². The smallest absolute Gasteiger partial charge is 0.305 e. The summed E-state index contributed by atoms with van der Waals surface area (Å²) in [4.78, 5) is 12.2. The van der Waals surface area contributed by atoms with Crippen molar-refractivity contribution in [1.29, 1.82) is 0 Å². The van der Waals surface area contributed by atoms with Crippen LogP contribution in [-0.2, 0) is 14.3 Å². The minimum absolute atomic E-state index is 0.0155. The zero-order valence-corrected chi connectivity index (χ0v) is 23.1. The summed E-state index contributed by atoms with van der Waals surface area (Å²) >= 11 is 0. The molecule has 0 amide bonds. The standard InChI is InChI=1S/C31H50O3/c1-20(2)22-12-18-30(7)26(28(22,5)16-15-27(32)33-9)11-10-23-24(13-17-29(23,30)6)31(8)19-14-25(34-31)21(3)4/h22-26H,1,3,10-19H2,2,4-9H3/t22-,23+,24+,25-,26-,28-,29+,30+,31-/m0/s1. The molecule has 0 aromatic rings. The predicted molar refractivity (Wildman–Crippen MR) is 139 cm³/mol. The predicted octanol–water partition coefficient (Wildman–Crippen LogP) is 7.89. The molecule has 4 fully saturated rings. The average Bonchev–Trinajstić information content (AvgIpc) is 3.34.